The minimum atomic E-state index is -0.461. The number of halogens is 1. The molecule has 0 unspecified atom stereocenters. The molecule has 1 aliphatic rings. The Morgan fingerprint density at radius 2 is 1.92 bits per heavy atom. The molecule has 7 nitrogen and oxygen atoms in total. The Hall–Kier alpha value is -2.80. The lowest BCUT2D eigenvalue weighted by atomic mass is 10.1. The number of aromatic nitrogens is 1. The summed E-state index contributed by atoms with van der Waals surface area (Å²) < 4.78 is 16.0. The first kappa shape index (κ1) is 18.0. The van der Waals surface area contributed by atoms with E-state index >= 15 is 0 Å². The van der Waals surface area contributed by atoms with E-state index in [1.54, 1.807) is 12.1 Å². The van der Waals surface area contributed by atoms with Gasteiger partial charge in [0.05, 0.1) is 17.4 Å². The molecule has 2 aromatic rings. The van der Waals surface area contributed by atoms with Crippen molar-refractivity contribution in [3.63, 3.8) is 0 Å². The molecule has 0 saturated heterocycles. The lowest BCUT2D eigenvalue weighted by Crippen LogP contribution is -2.15. The maximum Gasteiger partial charge on any atom is 0.257 e. The van der Waals surface area contributed by atoms with Crippen molar-refractivity contribution in [2.24, 2.45) is 0 Å². The third-order valence-electron chi connectivity index (χ3n) is 3.56. The van der Waals surface area contributed by atoms with Crippen LogP contribution in [0.1, 0.15) is 41.5 Å². The Labute approximate surface area is 155 Å². The van der Waals surface area contributed by atoms with Gasteiger partial charge in [-0.15, -0.1) is 0 Å². The summed E-state index contributed by atoms with van der Waals surface area (Å²) in [6, 6.07) is 4.56. The number of pyridine rings is 1. The van der Waals surface area contributed by atoms with Gasteiger partial charge in [0.2, 0.25) is 12.7 Å². The topological polar surface area (TPSA) is 86.8 Å². The van der Waals surface area contributed by atoms with Gasteiger partial charge in [-0.25, -0.2) is 4.98 Å². The van der Waals surface area contributed by atoms with Gasteiger partial charge in [0, 0.05) is 17.8 Å². The van der Waals surface area contributed by atoms with Crippen LogP contribution in [0.3, 0.4) is 0 Å². The van der Waals surface area contributed by atoms with Crippen LogP contribution in [0.25, 0.3) is 0 Å². The molecular formula is C18H17ClN2O5. The number of hydrogen-bond acceptors (Lipinski definition) is 6. The summed E-state index contributed by atoms with van der Waals surface area (Å²) in [5.41, 5.74) is 0.880. The molecule has 1 aromatic carbocycles. The Balaban J connectivity index is 1.86. The van der Waals surface area contributed by atoms with Gasteiger partial charge in [0.15, 0.2) is 17.3 Å². The molecule has 0 aliphatic carbocycles. The van der Waals surface area contributed by atoms with Crippen molar-refractivity contribution in [3.8, 4) is 17.4 Å². The van der Waals surface area contributed by atoms with E-state index in [0.717, 1.165) is 0 Å². The molecule has 0 radical (unpaired) electrons. The molecule has 1 N–H and O–H groups in total. The summed E-state index contributed by atoms with van der Waals surface area (Å²) in [5, 5.41) is 2.92. The number of carbonyl (C=O) groups excluding carboxylic acids is 2. The highest BCUT2D eigenvalue weighted by molar-refractivity contribution is 6.32. The molecule has 0 atom stereocenters. The second-order valence-electron chi connectivity index (χ2n) is 5.94. The SMILES string of the molecule is CC(=O)c1cc2c(cc1NC(=O)c1cnc(OC(C)C)c(Cl)c1)OCO2. The summed E-state index contributed by atoms with van der Waals surface area (Å²) in [6.07, 6.45) is 1.27. The van der Waals surface area contributed by atoms with Gasteiger partial charge in [0.25, 0.3) is 5.91 Å². The van der Waals surface area contributed by atoms with Crippen LogP contribution >= 0.6 is 11.6 Å². The molecule has 2 heterocycles. The van der Waals surface area contributed by atoms with Crippen LogP contribution in [0, 0.1) is 0 Å². The van der Waals surface area contributed by atoms with E-state index in [2.05, 4.69) is 10.3 Å². The van der Waals surface area contributed by atoms with Crippen LogP contribution in [-0.4, -0.2) is 29.6 Å². The molecule has 0 bridgehead atoms. The Bertz CT molecular complexity index is 882. The molecular weight excluding hydrogens is 360 g/mol. The van der Waals surface area contributed by atoms with Crippen molar-refractivity contribution in [2.75, 3.05) is 12.1 Å². The first-order valence-electron chi connectivity index (χ1n) is 7.93. The van der Waals surface area contributed by atoms with E-state index in [1.807, 2.05) is 13.8 Å². The van der Waals surface area contributed by atoms with E-state index < -0.39 is 5.91 Å². The summed E-state index contributed by atoms with van der Waals surface area (Å²) in [6.45, 7) is 5.17. The predicted octanol–water partition coefficient (Wildman–Crippen LogP) is 3.71. The minimum absolute atomic E-state index is 0.0704. The number of rotatable bonds is 5. The first-order valence-corrected chi connectivity index (χ1v) is 8.31. The Kier molecular flexibility index (Phi) is 4.99. The quantitative estimate of drug-likeness (QED) is 0.800. The second-order valence-corrected chi connectivity index (χ2v) is 6.35. The zero-order valence-corrected chi connectivity index (χ0v) is 15.2. The lowest BCUT2D eigenvalue weighted by molar-refractivity contribution is 0.101. The number of nitrogens with one attached hydrogen (secondary N) is 1. The van der Waals surface area contributed by atoms with Crippen molar-refractivity contribution in [3.05, 3.63) is 40.5 Å². The number of nitrogens with zero attached hydrogens (tertiary/aromatic N) is 1. The number of fused-ring (bicyclic) bond motifs is 1. The number of benzene rings is 1. The van der Waals surface area contributed by atoms with Gasteiger partial charge >= 0.3 is 0 Å². The van der Waals surface area contributed by atoms with E-state index in [0.29, 0.717) is 22.7 Å². The van der Waals surface area contributed by atoms with Gasteiger partial charge in [-0.3, -0.25) is 9.59 Å². The van der Waals surface area contributed by atoms with Crippen LogP contribution in [-0.2, 0) is 0 Å². The largest absolute Gasteiger partial charge is 0.474 e. The Morgan fingerprint density at radius 1 is 1.23 bits per heavy atom. The lowest BCUT2D eigenvalue weighted by Gasteiger charge is -2.12. The van der Waals surface area contributed by atoms with Crippen molar-refractivity contribution in [2.45, 2.75) is 26.9 Å². The van der Waals surface area contributed by atoms with E-state index in [4.69, 9.17) is 25.8 Å². The van der Waals surface area contributed by atoms with Crippen molar-refractivity contribution in [1.82, 2.24) is 4.98 Å². The molecule has 0 saturated carbocycles. The van der Waals surface area contributed by atoms with Crippen LogP contribution in [0.5, 0.6) is 17.4 Å². The summed E-state index contributed by atoms with van der Waals surface area (Å²) >= 11 is 6.12. The molecule has 136 valence electrons. The standard InChI is InChI=1S/C18H17ClN2O5/c1-9(2)26-18-13(19)4-11(7-20-18)17(23)21-14-6-16-15(24-8-25-16)5-12(14)10(3)22/h4-7,9H,8H2,1-3H3,(H,21,23). The van der Waals surface area contributed by atoms with Gasteiger partial charge in [-0.05, 0) is 32.9 Å². The number of ether oxygens (including phenoxy) is 3. The highest BCUT2D eigenvalue weighted by Gasteiger charge is 2.21. The van der Waals surface area contributed by atoms with Crippen molar-refractivity contribution < 1.29 is 23.8 Å². The molecule has 8 heteroatoms. The summed E-state index contributed by atoms with van der Waals surface area (Å²) in [4.78, 5) is 28.5. The average Bonchev–Trinajstić information content (AvgIpc) is 3.02. The van der Waals surface area contributed by atoms with E-state index in [9.17, 15) is 9.59 Å². The van der Waals surface area contributed by atoms with Gasteiger partial charge in [-0.1, -0.05) is 11.6 Å². The highest BCUT2D eigenvalue weighted by Crippen LogP contribution is 2.37. The summed E-state index contributed by atoms with van der Waals surface area (Å²) in [7, 11) is 0. The maximum absolute atomic E-state index is 12.5. The zero-order chi connectivity index (χ0) is 18.8. The van der Waals surface area contributed by atoms with Gasteiger partial charge in [0.1, 0.15) is 5.02 Å². The van der Waals surface area contributed by atoms with E-state index in [1.165, 1.54) is 19.2 Å². The smallest absolute Gasteiger partial charge is 0.257 e. The van der Waals surface area contributed by atoms with Crippen LogP contribution < -0.4 is 19.5 Å². The number of anilines is 1. The molecule has 1 aliphatic heterocycles. The zero-order valence-electron chi connectivity index (χ0n) is 14.5. The van der Waals surface area contributed by atoms with Gasteiger partial charge in [-0.2, -0.15) is 0 Å². The summed E-state index contributed by atoms with van der Waals surface area (Å²) in [5.74, 6) is 0.508. The normalized spacial score (nSPS) is 12.2. The van der Waals surface area contributed by atoms with Crippen LogP contribution in [0.4, 0.5) is 5.69 Å². The maximum atomic E-state index is 12.5. The second kappa shape index (κ2) is 7.21. The molecule has 3 rings (SSSR count). The number of carbonyl (C=O) groups is 2. The van der Waals surface area contributed by atoms with Gasteiger partial charge < -0.3 is 19.5 Å². The number of hydrogen-bond donors (Lipinski definition) is 1. The fraction of sp³-hybridized carbons (Fsp3) is 0.278. The molecule has 0 spiro atoms. The van der Waals surface area contributed by atoms with Crippen LogP contribution in [0.15, 0.2) is 24.4 Å². The molecule has 0 fully saturated rings. The van der Waals surface area contributed by atoms with Crippen molar-refractivity contribution in [1.29, 1.82) is 0 Å². The third-order valence-corrected chi connectivity index (χ3v) is 3.83. The minimum Gasteiger partial charge on any atom is -0.474 e. The monoisotopic (exact) mass is 376 g/mol. The molecule has 26 heavy (non-hydrogen) atoms. The van der Waals surface area contributed by atoms with Crippen molar-refractivity contribution >= 4 is 29.0 Å². The van der Waals surface area contributed by atoms with E-state index in [-0.39, 0.29) is 35.1 Å². The number of ketones is 1. The average molecular weight is 377 g/mol. The Morgan fingerprint density at radius 3 is 2.54 bits per heavy atom. The highest BCUT2D eigenvalue weighted by atomic mass is 35.5. The molecule has 1 amide bonds. The fourth-order valence-corrected chi connectivity index (χ4v) is 2.60. The van der Waals surface area contributed by atoms with Crippen LogP contribution in [0.2, 0.25) is 5.02 Å². The first-order chi connectivity index (χ1) is 12.3. The predicted molar refractivity (Wildman–Crippen MR) is 95.5 cm³/mol. The third kappa shape index (κ3) is 3.72. The number of amides is 1. The fourth-order valence-electron chi connectivity index (χ4n) is 2.39. The number of Topliss-reactive ketones (excluding diaryl/α,β-unsaturated/α-hetero) is 1. The molecule has 1 aromatic heterocycles.